The van der Waals surface area contributed by atoms with E-state index in [-0.39, 0.29) is 23.9 Å². The molecule has 1 heterocycles. The zero-order valence-electron chi connectivity index (χ0n) is 17.6. The van der Waals surface area contributed by atoms with Crippen LogP contribution in [0.2, 0.25) is 5.02 Å². The van der Waals surface area contributed by atoms with Gasteiger partial charge >= 0.3 is 0 Å². The summed E-state index contributed by atoms with van der Waals surface area (Å²) in [6.07, 6.45) is 0. The Labute approximate surface area is 190 Å². The van der Waals surface area contributed by atoms with Crippen molar-refractivity contribution in [3.05, 3.63) is 94.8 Å². The first-order chi connectivity index (χ1) is 15.4. The van der Waals surface area contributed by atoms with Gasteiger partial charge < -0.3 is 9.80 Å². The smallest absolute Gasteiger partial charge is 0.252 e. The SMILES string of the molecule is CC1N=C(c2ccccc2F)c2cc(Cl)ccc2N(CC(=O)N(C)c2ccccc2)C1=O. The van der Waals surface area contributed by atoms with Gasteiger partial charge in [0.25, 0.3) is 5.91 Å². The van der Waals surface area contributed by atoms with Crippen molar-refractivity contribution < 1.29 is 14.0 Å². The van der Waals surface area contributed by atoms with Crippen LogP contribution in [0.4, 0.5) is 15.8 Å². The molecule has 0 bridgehead atoms. The summed E-state index contributed by atoms with van der Waals surface area (Å²) in [6.45, 7) is 1.44. The zero-order valence-corrected chi connectivity index (χ0v) is 18.4. The van der Waals surface area contributed by atoms with Gasteiger partial charge in [0.05, 0.1) is 11.4 Å². The van der Waals surface area contributed by atoms with Crippen molar-refractivity contribution in [2.24, 2.45) is 4.99 Å². The van der Waals surface area contributed by atoms with E-state index in [1.54, 1.807) is 50.4 Å². The van der Waals surface area contributed by atoms with Crippen LogP contribution in [0.3, 0.4) is 0 Å². The van der Waals surface area contributed by atoms with E-state index in [9.17, 15) is 14.0 Å². The molecule has 1 atom stereocenters. The monoisotopic (exact) mass is 449 g/mol. The predicted molar refractivity (Wildman–Crippen MR) is 125 cm³/mol. The van der Waals surface area contributed by atoms with E-state index in [0.29, 0.717) is 27.7 Å². The van der Waals surface area contributed by atoms with Crippen LogP contribution in [0, 0.1) is 5.82 Å². The molecule has 2 amide bonds. The summed E-state index contributed by atoms with van der Waals surface area (Å²) in [7, 11) is 1.66. The van der Waals surface area contributed by atoms with E-state index in [0.717, 1.165) is 0 Å². The van der Waals surface area contributed by atoms with E-state index in [4.69, 9.17) is 11.6 Å². The number of benzene rings is 3. The minimum atomic E-state index is -0.814. The maximum absolute atomic E-state index is 14.7. The van der Waals surface area contributed by atoms with Gasteiger partial charge in [-0.25, -0.2) is 4.39 Å². The number of halogens is 2. The second-order valence-corrected chi connectivity index (χ2v) is 7.94. The van der Waals surface area contributed by atoms with Crippen molar-refractivity contribution in [2.45, 2.75) is 13.0 Å². The molecule has 3 aromatic rings. The summed E-state index contributed by atoms with van der Waals surface area (Å²) in [5.74, 6) is -1.08. The number of amides is 2. The number of carbonyl (C=O) groups excluding carboxylic acids is 2. The fourth-order valence-corrected chi connectivity index (χ4v) is 3.84. The highest BCUT2D eigenvalue weighted by atomic mass is 35.5. The molecule has 0 saturated carbocycles. The standard InChI is InChI=1S/C25H21ClFN3O2/c1-16-25(32)30(15-23(31)29(2)18-8-4-3-5-9-18)22-13-12-17(26)14-20(22)24(28-16)19-10-6-7-11-21(19)27/h3-14,16H,15H2,1-2H3. The van der Waals surface area contributed by atoms with Gasteiger partial charge in [-0.1, -0.05) is 41.9 Å². The number of anilines is 2. The highest BCUT2D eigenvalue weighted by Gasteiger charge is 2.32. The van der Waals surface area contributed by atoms with E-state index in [1.165, 1.54) is 15.9 Å². The van der Waals surface area contributed by atoms with Gasteiger partial charge in [-0.15, -0.1) is 0 Å². The minimum Gasteiger partial charge on any atom is -0.314 e. The van der Waals surface area contributed by atoms with Crippen molar-refractivity contribution in [3.63, 3.8) is 0 Å². The average molecular weight is 450 g/mol. The lowest BCUT2D eigenvalue weighted by Crippen LogP contribution is -2.44. The van der Waals surface area contributed by atoms with Crippen LogP contribution >= 0.6 is 11.6 Å². The number of aliphatic imine (C=N–C) groups is 1. The number of benzodiazepines with no additional fused rings is 1. The van der Waals surface area contributed by atoms with E-state index >= 15 is 0 Å². The van der Waals surface area contributed by atoms with Crippen molar-refractivity contribution in [2.75, 3.05) is 23.4 Å². The third-order valence-corrected chi connectivity index (χ3v) is 5.63. The molecule has 0 radical (unpaired) electrons. The molecule has 7 heteroatoms. The Morgan fingerprint density at radius 1 is 1.06 bits per heavy atom. The van der Waals surface area contributed by atoms with E-state index in [1.807, 2.05) is 30.3 Å². The molecular formula is C25H21ClFN3O2. The Hall–Kier alpha value is -3.51. The molecule has 1 unspecified atom stereocenters. The molecule has 0 saturated heterocycles. The fourth-order valence-electron chi connectivity index (χ4n) is 3.66. The first-order valence-electron chi connectivity index (χ1n) is 10.1. The van der Waals surface area contributed by atoms with Gasteiger partial charge in [0.15, 0.2) is 0 Å². The lowest BCUT2D eigenvalue weighted by Gasteiger charge is -2.26. The molecule has 0 fully saturated rings. The maximum Gasteiger partial charge on any atom is 0.252 e. The summed E-state index contributed by atoms with van der Waals surface area (Å²) >= 11 is 6.25. The van der Waals surface area contributed by atoms with Crippen LogP contribution in [0.1, 0.15) is 18.1 Å². The molecule has 0 N–H and O–H groups in total. The van der Waals surface area contributed by atoms with Gasteiger partial charge in [-0.2, -0.15) is 0 Å². The molecule has 4 rings (SSSR count). The van der Waals surface area contributed by atoms with Crippen LogP contribution in [-0.2, 0) is 9.59 Å². The first-order valence-corrected chi connectivity index (χ1v) is 10.5. The highest BCUT2D eigenvalue weighted by Crippen LogP contribution is 2.32. The fraction of sp³-hybridized carbons (Fsp3) is 0.160. The van der Waals surface area contributed by atoms with Crippen molar-refractivity contribution in [1.29, 1.82) is 0 Å². The molecule has 0 aliphatic carbocycles. The highest BCUT2D eigenvalue weighted by molar-refractivity contribution is 6.32. The molecule has 162 valence electrons. The largest absolute Gasteiger partial charge is 0.314 e. The van der Waals surface area contributed by atoms with Crippen molar-refractivity contribution in [1.82, 2.24) is 0 Å². The number of rotatable bonds is 4. The van der Waals surface area contributed by atoms with Crippen LogP contribution in [0.15, 0.2) is 77.8 Å². The first kappa shape index (κ1) is 21.7. The number of fused-ring (bicyclic) bond motifs is 1. The van der Waals surface area contributed by atoms with Crippen LogP contribution < -0.4 is 9.80 Å². The normalized spacial score (nSPS) is 15.6. The summed E-state index contributed by atoms with van der Waals surface area (Å²) in [6, 6.07) is 19.6. The van der Waals surface area contributed by atoms with Crippen molar-refractivity contribution in [3.8, 4) is 0 Å². The summed E-state index contributed by atoms with van der Waals surface area (Å²) in [5.41, 5.74) is 2.27. The third-order valence-electron chi connectivity index (χ3n) is 5.39. The topological polar surface area (TPSA) is 53.0 Å². The van der Waals surface area contributed by atoms with Gasteiger partial charge in [0.2, 0.25) is 5.91 Å². The second kappa shape index (κ2) is 8.93. The Bertz CT molecular complexity index is 1210. The summed E-state index contributed by atoms with van der Waals surface area (Å²) in [5, 5.41) is 0.419. The van der Waals surface area contributed by atoms with Crippen LogP contribution in [-0.4, -0.2) is 37.2 Å². The minimum absolute atomic E-state index is 0.191. The zero-order chi connectivity index (χ0) is 22.8. The molecule has 32 heavy (non-hydrogen) atoms. The van der Waals surface area contributed by atoms with Gasteiger partial charge in [-0.05, 0) is 49.4 Å². The Kier molecular flexibility index (Phi) is 6.06. The maximum atomic E-state index is 14.7. The molecule has 1 aliphatic heterocycles. The van der Waals surface area contributed by atoms with Crippen LogP contribution in [0.5, 0.6) is 0 Å². The lowest BCUT2D eigenvalue weighted by molar-refractivity contribution is -0.122. The Morgan fingerprint density at radius 3 is 2.47 bits per heavy atom. The van der Waals surface area contributed by atoms with E-state index in [2.05, 4.69) is 4.99 Å². The molecule has 0 spiro atoms. The molecule has 5 nitrogen and oxygen atoms in total. The molecule has 3 aromatic carbocycles. The Balaban J connectivity index is 1.78. The lowest BCUT2D eigenvalue weighted by atomic mass is 9.99. The molecular weight excluding hydrogens is 429 g/mol. The second-order valence-electron chi connectivity index (χ2n) is 7.51. The number of hydrogen-bond acceptors (Lipinski definition) is 3. The summed E-state index contributed by atoms with van der Waals surface area (Å²) in [4.78, 5) is 33.8. The number of carbonyl (C=O) groups is 2. The van der Waals surface area contributed by atoms with Gasteiger partial charge in [0.1, 0.15) is 18.4 Å². The van der Waals surface area contributed by atoms with Gasteiger partial charge in [-0.3, -0.25) is 14.6 Å². The number of para-hydroxylation sites is 1. The molecule has 0 aromatic heterocycles. The average Bonchev–Trinajstić information content (AvgIpc) is 2.89. The predicted octanol–water partition coefficient (Wildman–Crippen LogP) is 4.71. The number of likely N-dealkylation sites (N-methyl/N-ethyl adjacent to an activating group) is 1. The van der Waals surface area contributed by atoms with E-state index < -0.39 is 11.9 Å². The number of nitrogens with zero attached hydrogens (tertiary/aromatic N) is 3. The molecule has 1 aliphatic rings. The Morgan fingerprint density at radius 2 is 1.75 bits per heavy atom. The third kappa shape index (κ3) is 4.14. The number of hydrogen-bond donors (Lipinski definition) is 0. The summed E-state index contributed by atoms with van der Waals surface area (Å²) < 4.78 is 14.7. The van der Waals surface area contributed by atoms with Gasteiger partial charge in [0, 0.05) is 28.9 Å². The van der Waals surface area contributed by atoms with Crippen LogP contribution in [0.25, 0.3) is 0 Å². The van der Waals surface area contributed by atoms with Crippen molar-refractivity contribution >= 4 is 40.5 Å². The quantitative estimate of drug-likeness (QED) is 0.579.